The molecule has 1 saturated carbocycles. The number of aliphatic hydroxyl groups excluding tert-OH is 1. The van der Waals surface area contributed by atoms with Crippen LogP contribution in [-0.2, 0) is 0 Å². The van der Waals surface area contributed by atoms with Crippen LogP contribution in [0.25, 0.3) is 0 Å². The molecule has 1 aliphatic rings. The van der Waals surface area contributed by atoms with Gasteiger partial charge in [0, 0.05) is 11.6 Å². The Morgan fingerprint density at radius 1 is 1.40 bits per heavy atom. The molecule has 0 heterocycles. The monoisotopic (exact) mass is 213 g/mol. The van der Waals surface area contributed by atoms with E-state index in [-0.39, 0.29) is 5.54 Å². The summed E-state index contributed by atoms with van der Waals surface area (Å²) in [5.74, 6) is 0.757. The fourth-order valence-corrected chi connectivity index (χ4v) is 2.91. The Morgan fingerprint density at radius 2 is 2.07 bits per heavy atom. The van der Waals surface area contributed by atoms with Crippen LogP contribution in [0.2, 0.25) is 0 Å². The van der Waals surface area contributed by atoms with E-state index in [9.17, 15) is 5.11 Å². The standard InChI is InChI=1S/C13H27NO/c1-4-12(5-2)14-13(10-15)8-6-7-11(3)9-13/h11-12,14-15H,4-10H2,1-3H3. The van der Waals surface area contributed by atoms with Crippen LogP contribution in [-0.4, -0.2) is 23.3 Å². The van der Waals surface area contributed by atoms with Gasteiger partial charge in [-0.1, -0.05) is 33.6 Å². The Labute approximate surface area is 94.5 Å². The lowest BCUT2D eigenvalue weighted by Gasteiger charge is -2.42. The van der Waals surface area contributed by atoms with Crippen molar-refractivity contribution in [3.8, 4) is 0 Å². The van der Waals surface area contributed by atoms with Gasteiger partial charge >= 0.3 is 0 Å². The molecule has 0 aromatic carbocycles. The van der Waals surface area contributed by atoms with Crippen molar-refractivity contribution in [1.82, 2.24) is 5.32 Å². The van der Waals surface area contributed by atoms with E-state index in [1.54, 1.807) is 0 Å². The van der Waals surface area contributed by atoms with Gasteiger partial charge in [-0.25, -0.2) is 0 Å². The maximum absolute atomic E-state index is 9.64. The largest absolute Gasteiger partial charge is 0.394 e. The summed E-state index contributed by atoms with van der Waals surface area (Å²) in [7, 11) is 0. The Balaban J connectivity index is 2.58. The zero-order valence-corrected chi connectivity index (χ0v) is 10.6. The molecule has 1 rings (SSSR count). The van der Waals surface area contributed by atoms with Crippen LogP contribution in [0.3, 0.4) is 0 Å². The first-order valence-corrected chi connectivity index (χ1v) is 6.54. The van der Waals surface area contributed by atoms with Gasteiger partial charge in [0.05, 0.1) is 6.61 Å². The molecular formula is C13H27NO. The van der Waals surface area contributed by atoms with Crippen molar-refractivity contribution < 1.29 is 5.11 Å². The molecule has 0 aromatic rings. The average Bonchev–Trinajstić information content (AvgIpc) is 2.26. The van der Waals surface area contributed by atoms with Gasteiger partial charge in [-0.2, -0.15) is 0 Å². The molecule has 1 fully saturated rings. The Kier molecular flexibility index (Phi) is 5.07. The Bertz CT molecular complexity index is 179. The van der Waals surface area contributed by atoms with E-state index in [4.69, 9.17) is 0 Å². The van der Waals surface area contributed by atoms with E-state index in [0.717, 1.165) is 31.6 Å². The molecule has 2 atom stereocenters. The second-order valence-electron chi connectivity index (χ2n) is 5.30. The van der Waals surface area contributed by atoms with Crippen molar-refractivity contribution in [1.29, 1.82) is 0 Å². The van der Waals surface area contributed by atoms with Gasteiger partial charge < -0.3 is 10.4 Å². The summed E-state index contributed by atoms with van der Waals surface area (Å²) >= 11 is 0. The van der Waals surface area contributed by atoms with Gasteiger partial charge in [0.1, 0.15) is 0 Å². The third kappa shape index (κ3) is 3.46. The first-order valence-electron chi connectivity index (χ1n) is 6.54. The van der Waals surface area contributed by atoms with Crippen LogP contribution in [0, 0.1) is 5.92 Å². The lowest BCUT2D eigenvalue weighted by molar-refractivity contribution is 0.0869. The fourth-order valence-electron chi connectivity index (χ4n) is 2.91. The van der Waals surface area contributed by atoms with Crippen molar-refractivity contribution >= 4 is 0 Å². The number of nitrogens with one attached hydrogen (secondary N) is 1. The molecule has 0 aromatic heterocycles. The predicted octanol–water partition coefficient (Wildman–Crippen LogP) is 2.71. The summed E-state index contributed by atoms with van der Waals surface area (Å²) in [5, 5.41) is 13.3. The van der Waals surface area contributed by atoms with Crippen molar-refractivity contribution in [3.05, 3.63) is 0 Å². The van der Waals surface area contributed by atoms with E-state index in [2.05, 4.69) is 26.1 Å². The van der Waals surface area contributed by atoms with Gasteiger partial charge in [-0.15, -0.1) is 0 Å². The maximum atomic E-state index is 9.64. The van der Waals surface area contributed by atoms with E-state index < -0.39 is 0 Å². The van der Waals surface area contributed by atoms with E-state index in [0.29, 0.717) is 12.6 Å². The SMILES string of the molecule is CCC(CC)NC1(CO)CCCC(C)C1. The molecule has 0 bridgehead atoms. The Hall–Kier alpha value is -0.0800. The van der Waals surface area contributed by atoms with Crippen molar-refractivity contribution in [2.75, 3.05) is 6.61 Å². The van der Waals surface area contributed by atoms with E-state index in [1.807, 2.05) is 0 Å². The third-order valence-corrected chi connectivity index (χ3v) is 3.89. The molecule has 2 unspecified atom stereocenters. The van der Waals surface area contributed by atoms with Crippen LogP contribution in [0.15, 0.2) is 0 Å². The zero-order valence-electron chi connectivity index (χ0n) is 10.6. The van der Waals surface area contributed by atoms with Crippen molar-refractivity contribution in [2.45, 2.75) is 70.9 Å². The summed E-state index contributed by atoms with van der Waals surface area (Å²) < 4.78 is 0. The molecule has 0 spiro atoms. The molecule has 15 heavy (non-hydrogen) atoms. The van der Waals surface area contributed by atoms with E-state index in [1.165, 1.54) is 12.8 Å². The first-order chi connectivity index (χ1) is 7.15. The summed E-state index contributed by atoms with van der Waals surface area (Å²) in [6.07, 6.45) is 7.19. The minimum Gasteiger partial charge on any atom is -0.394 e. The fraction of sp³-hybridized carbons (Fsp3) is 1.00. The second-order valence-corrected chi connectivity index (χ2v) is 5.30. The van der Waals surface area contributed by atoms with Crippen LogP contribution in [0.1, 0.15) is 59.3 Å². The minimum absolute atomic E-state index is 0.0222. The first kappa shape index (κ1) is 13.0. The molecule has 1 aliphatic carbocycles. The molecule has 0 saturated heterocycles. The number of rotatable bonds is 5. The molecule has 0 aliphatic heterocycles. The molecule has 0 amide bonds. The summed E-state index contributed by atoms with van der Waals surface area (Å²) in [6, 6.07) is 0.572. The molecule has 90 valence electrons. The Morgan fingerprint density at radius 3 is 2.53 bits per heavy atom. The number of hydrogen-bond acceptors (Lipinski definition) is 2. The van der Waals surface area contributed by atoms with Crippen molar-refractivity contribution in [3.63, 3.8) is 0 Å². The third-order valence-electron chi connectivity index (χ3n) is 3.89. The molecule has 2 N–H and O–H groups in total. The van der Waals surface area contributed by atoms with Crippen molar-refractivity contribution in [2.24, 2.45) is 5.92 Å². The second kappa shape index (κ2) is 5.86. The van der Waals surface area contributed by atoms with E-state index >= 15 is 0 Å². The van der Waals surface area contributed by atoms with Crippen LogP contribution in [0.5, 0.6) is 0 Å². The van der Waals surface area contributed by atoms with Gasteiger partial charge in [-0.05, 0) is 31.6 Å². The summed E-state index contributed by atoms with van der Waals surface area (Å²) in [5.41, 5.74) is 0.0222. The summed E-state index contributed by atoms with van der Waals surface area (Å²) in [4.78, 5) is 0. The minimum atomic E-state index is 0.0222. The van der Waals surface area contributed by atoms with Gasteiger partial charge in [0.25, 0.3) is 0 Å². The zero-order chi connectivity index (χ0) is 11.3. The van der Waals surface area contributed by atoms with Crippen LogP contribution in [0.4, 0.5) is 0 Å². The highest BCUT2D eigenvalue weighted by atomic mass is 16.3. The topological polar surface area (TPSA) is 32.3 Å². The van der Waals surface area contributed by atoms with Gasteiger partial charge in [0.15, 0.2) is 0 Å². The highest BCUT2D eigenvalue weighted by molar-refractivity contribution is 4.94. The molecular weight excluding hydrogens is 186 g/mol. The van der Waals surface area contributed by atoms with Gasteiger partial charge in [0.2, 0.25) is 0 Å². The molecule has 2 nitrogen and oxygen atoms in total. The van der Waals surface area contributed by atoms with Crippen LogP contribution >= 0.6 is 0 Å². The smallest absolute Gasteiger partial charge is 0.0613 e. The number of aliphatic hydroxyl groups is 1. The summed E-state index contributed by atoms with van der Waals surface area (Å²) in [6.45, 7) is 7.04. The van der Waals surface area contributed by atoms with Gasteiger partial charge in [-0.3, -0.25) is 0 Å². The predicted molar refractivity (Wildman–Crippen MR) is 65.0 cm³/mol. The average molecular weight is 213 g/mol. The highest BCUT2D eigenvalue weighted by Gasteiger charge is 2.35. The highest BCUT2D eigenvalue weighted by Crippen LogP contribution is 2.32. The lowest BCUT2D eigenvalue weighted by Crippen LogP contribution is -2.55. The molecule has 2 heteroatoms. The normalized spacial score (nSPS) is 32.2. The maximum Gasteiger partial charge on any atom is 0.0613 e. The number of hydrogen-bond donors (Lipinski definition) is 2. The lowest BCUT2D eigenvalue weighted by atomic mass is 9.76. The quantitative estimate of drug-likeness (QED) is 0.736. The van der Waals surface area contributed by atoms with Crippen LogP contribution < -0.4 is 5.32 Å². The molecule has 0 radical (unpaired) electrons.